The summed E-state index contributed by atoms with van der Waals surface area (Å²) in [7, 11) is 0. The number of anilines is 1. The van der Waals surface area contributed by atoms with E-state index in [0.717, 1.165) is 16.9 Å². The minimum atomic E-state index is 0.888. The lowest BCUT2D eigenvalue weighted by molar-refractivity contribution is 0.813. The maximum Gasteiger partial charge on any atom is 0.160 e. The molecule has 1 aliphatic heterocycles. The van der Waals surface area contributed by atoms with Gasteiger partial charge in [0.2, 0.25) is 0 Å². The average Bonchev–Trinajstić information content (AvgIpc) is 2.27. The Hall–Kier alpha value is -0.350. The fourth-order valence-corrected chi connectivity index (χ4v) is 2.33. The molecule has 0 saturated carbocycles. The van der Waals surface area contributed by atoms with Crippen molar-refractivity contribution in [1.29, 1.82) is 0 Å². The van der Waals surface area contributed by atoms with Gasteiger partial charge in [0, 0.05) is 6.54 Å². The van der Waals surface area contributed by atoms with Crippen LogP contribution in [0.5, 0.6) is 0 Å². The minimum Gasteiger partial charge on any atom is -0.375 e. The maximum absolute atomic E-state index is 5.00. The van der Waals surface area contributed by atoms with E-state index in [1.807, 2.05) is 0 Å². The molecule has 1 aromatic heterocycles. The second-order valence-corrected chi connectivity index (χ2v) is 4.04. The summed E-state index contributed by atoms with van der Waals surface area (Å²) < 4.78 is 0.888. The number of aryl methyl sites for hydroxylation is 1. The van der Waals surface area contributed by atoms with Crippen LogP contribution in [0.3, 0.4) is 0 Å². The SMILES string of the molecule is S=c1[nH]c2c(s1)NCCC2. The summed E-state index contributed by atoms with van der Waals surface area (Å²) in [6, 6.07) is 0. The Labute approximate surface area is 68.3 Å². The van der Waals surface area contributed by atoms with Gasteiger partial charge in [-0.3, -0.25) is 0 Å². The molecule has 2 rings (SSSR count). The van der Waals surface area contributed by atoms with E-state index in [9.17, 15) is 0 Å². The zero-order valence-electron chi connectivity index (χ0n) is 5.44. The lowest BCUT2D eigenvalue weighted by atomic mass is 10.2. The molecule has 0 amide bonds. The standard InChI is InChI=1S/C6H8N2S2/c9-6-8-4-2-1-3-7-5(4)10-6/h7H,1-3H2,(H,8,9). The third-order valence-electron chi connectivity index (χ3n) is 1.61. The predicted molar refractivity (Wildman–Crippen MR) is 46.3 cm³/mol. The van der Waals surface area contributed by atoms with Crippen molar-refractivity contribution in [3.63, 3.8) is 0 Å². The fraction of sp³-hybridized carbons (Fsp3) is 0.500. The summed E-state index contributed by atoms with van der Waals surface area (Å²) in [5.41, 5.74) is 1.29. The van der Waals surface area contributed by atoms with Gasteiger partial charge in [0.15, 0.2) is 3.95 Å². The Morgan fingerprint density at radius 2 is 2.40 bits per heavy atom. The van der Waals surface area contributed by atoms with Gasteiger partial charge >= 0.3 is 0 Å². The van der Waals surface area contributed by atoms with Crippen LogP contribution in [0, 0.1) is 3.95 Å². The normalized spacial score (nSPS) is 16.0. The Morgan fingerprint density at radius 3 is 3.20 bits per heavy atom. The molecule has 10 heavy (non-hydrogen) atoms. The molecule has 0 atom stereocenters. The van der Waals surface area contributed by atoms with Gasteiger partial charge in [-0.1, -0.05) is 11.3 Å². The first-order chi connectivity index (χ1) is 4.86. The summed E-state index contributed by atoms with van der Waals surface area (Å²) >= 11 is 6.64. The molecule has 0 saturated heterocycles. The van der Waals surface area contributed by atoms with Crippen molar-refractivity contribution in [3.8, 4) is 0 Å². The second-order valence-electron chi connectivity index (χ2n) is 2.35. The molecule has 0 unspecified atom stereocenters. The Kier molecular flexibility index (Phi) is 1.50. The quantitative estimate of drug-likeness (QED) is 0.587. The van der Waals surface area contributed by atoms with E-state index in [1.54, 1.807) is 11.3 Å². The molecule has 0 aromatic carbocycles. The number of aromatic nitrogens is 1. The number of aromatic amines is 1. The number of rotatable bonds is 0. The van der Waals surface area contributed by atoms with Gasteiger partial charge < -0.3 is 10.3 Å². The van der Waals surface area contributed by atoms with Gasteiger partial charge in [-0.05, 0) is 25.1 Å². The van der Waals surface area contributed by atoms with Crippen molar-refractivity contribution in [2.75, 3.05) is 11.9 Å². The largest absolute Gasteiger partial charge is 0.375 e. The highest BCUT2D eigenvalue weighted by molar-refractivity contribution is 7.73. The number of hydrogen-bond donors (Lipinski definition) is 2. The van der Waals surface area contributed by atoms with E-state index in [2.05, 4.69) is 10.3 Å². The van der Waals surface area contributed by atoms with Gasteiger partial charge in [-0.15, -0.1) is 0 Å². The molecule has 0 fully saturated rings. The lowest BCUT2D eigenvalue weighted by Gasteiger charge is -2.11. The first kappa shape index (κ1) is 6.37. The van der Waals surface area contributed by atoms with Crippen LogP contribution in [0.15, 0.2) is 0 Å². The summed E-state index contributed by atoms with van der Waals surface area (Å²) in [6.45, 7) is 1.09. The molecule has 2 heterocycles. The third-order valence-corrected chi connectivity index (χ3v) is 2.85. The summed E-state index contributed by atoms with van der Waals surface area (Å²) in [6.07, 6.45) is 2.37. The van der Waals surface area contributed by atoms with Gasteiger partial charge in [-0.25, -0.2) is 0 Å². The monoisotopic (exact) mass is 172 g/mol. The molecule has 54 valence electrons. The zero-order valence-corrected chi connectivity index (χ0v) is 7.07. The van der Waals surface area contributed by atoms with Crippen molar-refractivity contribution in [1.82, 2.24) is 4.98 Å². The van der Waals surface area contributed by atoms with Crippen molar-refractivity contribution < 1.29 is 0 Å². The van der Waals surface area contributed by atoms with Crippen LogP contribution in [-0.2, 0) is 6.42 Å². The molecule has 1 aromatic rings. The molecule has 0 bridgehead atoms. The molecular weight excluding hydrogens is 164 g/mol. The Morgan fingerprint density at radius 1 is 1.50 bits per heavy atom. The van der Waals surface area contributed by atoms with Crippen molar-refractivity contribution in [3.05, 3.63) is 9.65 Å². The fourth-order valence-electron chi connectivity index (χ4n) is 1.15. The summed E-state index contributed by atoms with van der Waals surface area (Å²) in [4.78, 5) is 3.17. The molecular formula is C6H8N2S2. The first-order valence-corrected chi connectivity index (χ1v) is 4.54. The highest BCUT2D eigenvalue weighted by Gasteiger charge is 2.09. The first-order valence-electron chi connectivity index (χ1n) is 3.32. The van der Waals surface area contributed by atoms with Crippen LogP contribution in [0.1, 0.15) is 12.1 Å². The highest BCUT2D eigenvalue weighted by Crippen LogP contribution is 2.25. The van der Waals surface area contributed by atoms with Gasteiger partial charge in [0.1, 0.15) is 5.00 Å². The van der Waals surface area contributed by atoms with Crippen LogP contribution in [0.4, 0.5) is 5.00 Å². The predicted octanol–water partition coefficient (Wildman–Crippen LogP) is 2.16. The van der Waals surface area contributed by atoms with E-state index in [1.165, 1.54) is 17.1 Å². The Bertz CT molecular complexity index is 260. The van der Waals surface area contributed by atoms with E-state index in [-0.39, 0.29) is 0 Å². The average molecular weight is 172 g/mol. The van der Waals surface area contributed by atoms with E-state index >= 15 is 0 Å². The van der Waals surface area contributed by atoms with Crippen LogP contribution in [-0.4, -0.2) is 11.5 Å². The van der Waals surface area contributed by atoms with E-state index in [0.29, 0.717) is 0 Å². The zero-order chi connectivity index (χ0) is 6.97. The number of H-pyrrole nitrogens is 1. The molecule has 0 spiro atoms. The van der Waals surface area contributed by atoms with Crippen molar-refractivity contribution in [2.24, 2.45) is 0 Å². The molecule has 2 nitrogen and oxygen atoms in total. The number of hydrogen-bond acceptors (Lipinski definition) is 3. The topological polar surface area (TPSA) is 27.8 Å². The van der Waals surface area contributed by atoms with Gasteiger partial charge in [-0.2, -0.15) is 0 Å². The number of fused-ring (bicyclic) bond motifs is 1. The maximum atomic E-state index is 5.00. The summed E-state index contributed by atoms with van der Waals surface area (Å²) in [5, 5.41) is 4.55. The number of thiazole rings is 1. The van der Waals surface area contributed by atoms with Crippen LogP contribution >= 0.6 is 23.6 Å². The van der Waals surface area contributed by atoms with Crippen molar-refractivity contribution in [2.45, 2.75) is 12.8 Å². The molecule has 4 heteroatoms. The smallest absolute Gasteiger partial charge is 0.160 e. The molecule has 0 radical (unpaired) electrons. The minimum absolute atomic E-state index is 0.888. The highest BCUT2D eigenvalue weighted by atomic mass is 32.1. The Balaban J connectivity index is 2.50. The van der Waals surface area contributed by atoms with E-state index < -0.39 is 0 Å². The van der Waals surface area contributed by atoms with Crippen LogP contribution < -0.4 is 5.32 Å². The number of nitrogens with one attached hydrogen (secondary N) is 2. The summed E-state index contributed by atoms with van der Waals surface area (Å²) in [5.74, 6) is 0. The van der Waals surface area contributed by atoms with Crippen molar-refractivity contribution >= 4 is 28.6 Å². The van der Waals surface area contributed by atoms with E-state index in [4.69, 9.17) is 12.2 Å². The van der Waals surface area contributed by atoms with Crippen LogP contribution in [0.2, 0.25) is 0 Å². The molecule has 1 aliphatic rings. The second kappa shape index (κ2) is 2.36. The van der Waals surface area contributed by atoms with Crippen LogP contribution in [0.25, 0.3) is 0 Å². The third kappa shape index (κ3) is 0.973. The molecule has 0 aliphatic carbocycles. The van der Waals surface area contributed by atoms with Gasteiger partial charge in [0.25, 0.3) is 0 Å². The molecule has 2 N–H and O–H groups in total. The van der Waals surface area contributed by atoms with Gasteiger partial charge in [0.05, 0.1) is 5.69 Å². The lowest BCUT2D eigenvalue weighted by Crippen LogP contribution is -2.09.